The molecule has 0 saturated carbocycles. The monoisotopic (exact) mass is 354 g/mol. The third-order valence-corrected chi connectivity index (χ3v) is 4.93. The predicted molar refractivity (Wildman–Crippen MR) is 95.7 cm³/mol. The van der Waals surface area contributed by atoms with Gasteiger partial charge in [-0.25, -0.2) is 9.97 Å². The van der Waals surface area contributed by atoms with Gasteiger partial charge in [0.1, 0.15) is 11.3 Å². The topological polar surface area (TPSA) is 82.2 Å². The van der Waals surface area contributed by atoms with Crippen LogP contribution in [-0.4, -0.2) is 33.7 Å². The molecule has 7 nitrogen and oxygen atoms in total. The number of aryl methyl sites for hydroxylation is 2. The molecule has 0 unspecified atom stereocenters. The largest absolute Gasteiger partial charge is 0.441 e. The van der Waals surface area contributed by atoms with E-state index < -0.39 is 0 Å². The molecule has 0 radical (unpaired) electrons. The highest BCUT2D eigenvalue weighted by Crippen LogP contribution is 2.30. The van der Waals surface area contributed by atoms with E-state index in [1.165, 1.54) is 0 Å². The molecule has 0 bridgehead atoms. The number of fused-ring (bicyclic) bond motifs is 1. The zero-order valence-electron chi connectivity index (χ0n) is 14.9. The second-order valence-corrected chi connectivity index (χ2v) is 6.68. The SMILES string of the molecule is Cc1nc2c(C(=O)N[C@@H](c3nccn3C)C3CCOCC3)cccc2o1. The summed E-state index contributed by atoms with van der Waals surface area (Å²) in [6, 6.07) is 5.24. The number of para-hydroxylation sites is 1. The molecule has 26 heavy (non-hydrogen) atoms. The van der Waals surface area contributed by atoms with Gasteiger partial charge in [-0.1, -0.05) is 6.07 Å². The van der Waals surface area contributed by atoms with Crippen molar-refractivity contribution in [1.82, 2.24) is 19.9 Å². The van der Waals surface area contributed by atoms with E-state index in [-0.39, 0.29) is 17.9 Å². The van der Waals surface area contributed by atoms with Gasteiger partial charge in [0, 0.05) is 39.6 Å². The van der Waals surface area contributed by atoms with Crippen molar-refractivity contribution in [2.75, 3.05) is 13.2 Å². The van der Waals surface area contributed by atoms with Crippen molar-refractivity contribution in [2.45, 2.75) is 25.8 Å². The lowest BCUT2D eigenvalue weighted by Crippen LogP contribution is -2.37. The summed E-state index contributed by atoms with van der Waals surface area (Å²) in [5.41, 5.74) is 1.73. The maximum absolute atomic E-state index is 13.1. The normalized spacial score (nSPS) is 16.7. The smallest absolute Gasteiger partial charge is 0.254 e. The molecule has 1 atom stereocenters. The molecule has 1 aliphatic rings. The number of imidazole rings is 1. The van der Waals surface area contributed by atoms with Gasteiger partial charge in [-0.15, -0.1) is 0 Å². The highest BCUT2D eigenvalue weighted by atomic mass is 16.5. The lowest BCUT2D eigenvalue weighted by atomic mass is 9.90. The first-order valence-corrected chi connectivity index (χ1v) is 8.85. The van der Waals surface area contributed by atoms with Crippen LogP contribution >= 0.6 is 0 Å². The lowest BCUT2D eigenvalue weighted by molar-refractivity contribution is 0.0499. The summed E-state index contributed by atoms with van der Waals surface area (Å²) in [5, 5.41) is 3.19. The van der Waals surface area contributed by atoms with Gasteiger partial charge >= 0.3 is 0 Å². The third kappa shape index (κ3) is 3.10. The molecular weight excluding hydrogens is 332 g/mol. The van der Waals surface area contributed by atoms with Crippen molar-refractivity contribution in [3.05, 3.63) is 47.9 Å². The minimum absolute atomic E-state index is 0.164. The molecule has 1 saturated heterocycles. The zero-order valence-corrected chi connectivity index (χ0v) is 14.9. The van der Waals surface area contributed by atoms with Gasteiger partial charge in [0.05, 0.1) is 11.6 Å². The van der Waals surface area contributed by atoms with Crippen molar-refractivity contribution in [2.24, 2.45) is 13.0 Å². The number of hydrogen-bond donors (Lipinski definition) is 1. The molecule has 7 heteroatoms. The number of nitrogens with zero attached hydrogens (tertiary/aromatic N) is 3. The van der Waals surface area contributed by atoms with Crippen LogP contribution in [0.15, 0.2) is 35.0 Å². The van der Waals surface area contributed by atoms with E-state index in [0.717, 1.165) is 18.7 Å². The number of aromatic nitrogens is 3. The van der Waals surface area contributed by atoms with Crippen molar-refractivity contribution in [3.63, 3.8) is 0 Å². The average Bonchev–Trinajstić information content (AvgIpc) is 3.24. The number of ether oxygens (including phenoxy) is 1. The number of carbonyl (C=O) groups excluding carboxylic acids is 1. The van der Waals surface area contributed by atoms with Crippen LogP contribution in [0.25, 0.3) is 11.1 Å². The van der Waals surface area contributed by atoms with Gasteiger partial charge in [0.25, 0.3) is 5.91 Å². The minimum Gasteiger partial charge on any atom is -0.441 e. The van der Waals surface area contributed by atoms with Crippen LogP contribution in [0.2, 0.25) is 0 Å². The molecule has 3 aromatic rings. The molecule has 1 aliphatic heterocycles. The van der Waals surface area contributed by atoms with Gasteiger partial charge in [0.2, 0.25) is 0 Å². The van der Waals surface area contributed by atoms with Crippen LogP contribution in [0.1, 0.15) is 41.0 Å². The Labute approximate surface area is 151 Å². The van der Waals surface area contributed by atoms with E-state index in [1.54, 1.807) is 19.2 Å². The van der Waals surface area contributed by atoms with Crippen LogP contribution in [0.3, 0.4) is 0 Å². The Bertz CT molecular complexity index is 924. The van der Waals surface area contributed by atoms with Crippen molar-refractivity contribution >= 4 is 17.0 Å². The molecule has 136 valence electrons. The Morgan fingerprint density at radius 3 is 2.88 bits per heavy atom. The van der Waals surface area contributed by atoms with Crippen LogP contribution in [-0.2, 0) is 11.8 Å². The highest BCUT2D eigenvalue weighted by Gasteiger charge is 2.30. The molecule has 1 aromatic carbocycles. The van der Waals surface area contributed by atoms with Crippen LogP contribution in [0.4, 0.5) is 0 Å². The minimum atomic E-state index is -0.172. The van der Waals surface area contributed by atoms with E-state index in [9.17, 15) is 4.79 Å². The molecule has 1 amide bonds. The van der Waals surface area contributed by atoms with Gasteiger partial charge in [-0.3, -0.25) is 4.79 Å². The number of hydrogen-bond acceptors (Lipinski definition) is 5. The first-order chi connectivity index (χ1) is 12.6. The quantitative estimate of drug-likeness (QED) is 0.779. The fraction of sp³-hybridized carbons (Fsp3) is 0.421. The standard InChI is InChI=1S/C19H22N4O3/c1-12-21-17-14(4-3-5-15(17)26-12)19(24)22-16(13-6-10-25-11-7-13)18-20-8-9-23(18)2/h3-5,8-9,13,16H,6-7,10-11H2,1-2H3,(H,22,24)/t16-/m1/s1. The summed E-state index contributed by atoms with van der Waals surface area (Å²) in [7, 11) is 1.95. The molecular formula is C19H22N4O3. The van der Waals surface area contributed by atoms with E-state index in [2.05, 4.69) is 15.3 Å². The Morgan fingerprint density at radius 1 is 1.35 bits per heavy atom. The molecule has 2 aromatic heterocycles. The third-order valence-electron chi connectivity index (χ3n) is 4.93. The number of nitrogens with one attached hydrogen (secondary N) is 1. The van der Waals surface area contributed by atoms with Gasteiger partial charge in [-0.05, 0) is 30.9 Å². The molecule has 1 N–H and O–H groups in total. The summed E-state index contributed by atoms with van der Waals surface area (Å²) < 4.78 is 13.0. The summed E-state index contributed by atoms with van der Waals surface area (Å²) >= 11 is 0. The molecule has 0 aliphatic carbocycles. The van der Waals surface area contributed by atoms with E-state index in [0.29, 0.717) is 35.8 Å². The first kappa shape index (κ1) is 16.8. The van der Waals surface area contributed by atoms with Gasteiger partial charge in [-0.2, -0.15) is 0 Å². The Hall–Kier alpha value is -2.67. The summed E-state index contributed by atoms with van der Waals surface area (Å²) in [4.78, 5) is 21.9. The van der Waals surface area contributed by atoms with Crippen molar-refractivity contribution < 1.29 is 13.9 Å². The number of carbonyl (C=O) groups is 1. The Balaban J connectivity index is 1.66. The van der Waals surface area contributed by atoms with E-state index in [1.807, 2.05) is 29.9 Å². The maximum atomic E-state index is 13.1. The summed E-state index contributed by atoms with van der Waals surface area (Å²) in [6.07, 6.45) is 5.45. The number of benzene rings is 1. The van der Waals surface area contributed by atoms with Crippen molar-refractivity contribution in [1.29, 1.82) is 0 Å². The zero-order chi connectivity index (χ0) is 18.1. The van der Waals surface area contributed by atoms with Gasteiger partial charge in [0.15, 0.2) is 11.5 Å². The predicted octanol–water partition coefficient (Wildman–Crippen LogP) is 2.77. The van der Waals surface area contributed by atoms with Crippen LogP contribution in [0, 0.1) is 12.8 Å². The maximum Gasteiger partial charge on any atom is 0.254 e. The summed E-state index contributed by atoms with van der Waals surface area (Å²) in [5.74, 6) is 1.52. The van der Waals surface area contributed by atoms with E-state index >= 15 is 0 Å². The molecule has 3 heterocycles. The molecule has 1 fully saturated rings. The number of amides is 1. The Morgan fingerprint density at radius 2 is 2.15 bits per heavy atom. The van der Waals surface area contributed by atoms with Gasteiger partial charge < -0.3 is 19.0 Å². The fourth-order valence-corrected chi connectivity index (χ4v) is 3.58. The molecule has 0 spiro atoms. The summed E-state index contributed by atoms with van der Waals surface area (Å²) in [6.45, 7) is 3.19. The lowest BCUT2D eigenvalue weighted by Gasteiger charge is -2.30. The van der Waals surface area contributed by atoms with E-state index in [4.69, 9.17) is 9.15 Å². The second-order valence-electron chi connectivity index (χ2n) is 6.68. The average molecular weight is 354 g/mol. The fourth-order valence-electron chi connectivity index (χ4n) is 3.58. The number of rotatable bonds is 4. The number of oxazole rings is 1. The first-order valence-electron chi connectivity index (χ1n) is 8.85. The molecule has 4 rings (SSSR count). The van der Waals surface area contributed by atoms with Crippen LogP contribution in [0.5, 0.6) is 0 Å². The second kappa shape index (κ2) is 6.92. The highest BCUT2D eigenvalue weighted by molar-refractivity contribution is 6.04. The van der Waals surface area contributed by atoms with Crippen molar-refractivity contribution in [3.8, 4) is 0 Å². The Kier molecular flexibility index (Phi) is 4.46. The van der Waals surface area contributed by atoms with Crippen LogP contribution < -0.4 is 5.32 Å².